The summed E-state index contributed by atoms with van der Waals surface area (Å²) in [6, 6.07) is 37.0. The van der Waals surface area contributed by atoms with Crippen molar-refractivity contribution in [2.75, 3.05) is 95.2 Å². The number of carboxylic acids is 1. The standard InChI is InChI=1S/C75H79N9O12/c1-7-83-35-37-84(38-36-83)49-19-15-46(16-20-49)69(88)80-74(30-10-8-11-31-74)73(93)79-61(70(89)78-34-33-77-68(87)47-17-25-53(56(40-47)71(90)91)66-54-24-14-45(2)39-62(54)94-63-44-52(85)23-26-55(63)66)13-9-12-32-76-67(86)48-18-27-58-57(41-48)72(92)96-75(58)59-28-21-50(81(3)4)42-64(59)95-65-43-51(82(5)6)22-29-60(65)75/h14-29,39-44,61,85H,2,7-13,30-38H2,1,3-6H3,(H,76,86)(H,77,87)(H,78,89)(H,79,93)(H,80,88)(H,90,91)/t61-/m0/s1. The van der Waals surface area contributed by atoms with Crippen molar-refractivity contribution >= 4 is 70.7 Å². The highest BCUT2D eigenvalue weighted by Gasteiger charge is 2.54. The molecular formula is C75H79N9O12. The number of aromatic hydroxyl groups is 1. The molecule has 1 atom stereocenters. The molecule has 7 aromatic carbocycles. The molecular weight excluding hydrogens is 1220 g/mol. The predicted octanol–water partition coefficient (Wildman–Crippen LogP) is 7.76. The van der Waals surface area contributed by atoms with Gasteiger partial charge in [-0.2, -0.15) is 0 Å². The van der Waals surface area contributed by atoms with Crippen molar-refractivity contribution in [3.63, 3.8) is 0 Å². The van der Waals surface area contributed by atoms with E-state index in [1.165, 1.54) is 24.3 Å². The topological polar surface area (TPSA) is 261 Å². The smallest absolute Gasteiger partial charge is 0.340 e. The van der Waals surface area contributed by atoms with E-state index >= 15 is 0 Å². The number of nitrogens with zero attached hydrogens (tertiary/aromatic N) is 4. The van der Waals surface area contributed by atoms with Crippen LogP contribution >= 0.6 is 0 Å². The summed E-state index contributed by atoms with van der Waals surface area (Å²) in [5.41, 5.74) is 4.10. The van der Waals surface area contributed by atoms with Crippen molar-refractivity contribution in [3.8, 4) is 28.7 Å². The molecule has 5 amide bonds. The summed E-state index contributed by atoms with van der Waals surface area (Å²) in [6.45, 7) is 10.8. The average molecular weight is 1300 g/mol. The van der Waals surface area contributed by atoms with Crippen LogP contribution in [0.1, 0.15) is 138 Å². The van der Waals surface area contributed by atoms with Crippen LogP contribution in [0.25, 0.3) is 12.2 Å². The predicted molar refractivity (Wildman–Crippen MR) is 365 cm³/mol. The van der Waals surface area contributed by atoms with Crippen LogP contribution < -0.4 is 61.2 Å². The molecule has 1 saturated carbocycles. The number of aromatic carboxylic acids is 1. The summed E-state index contributed by atoms with van der Waals surface area (Å²) in [5.74, 6) is -2.63. The van der Waals surface area contributed by atoms with E-state index in [9.17, 15) is 43.8 Å². The number of phenolic OH excluding ortho intramolecular Hbond substituents is 1. The number of fused-ring (bicyclic) bond motifs is 8. The Hall–Kier alpha value is -10.7. The van der Waals surface area contributed by atoms with Crippen molar-refractivity contribution in [1.29, 1.82) is 0 Å². The second-order valence-electron chi connectivity index (χ2n) is 25.5. The van der Waals surface area contributed by atoms with Gasteiger partial charge in [-0.3, -0.25) is 24.0 Å². The Morgan fingerprint density at radius 1 is 0.604 bits per heavy atom. The molecule has 96 heavy (non-hydrogen) atoms. The molecule has 1 spiro atoms. The maximum atomic E-state index is 14.8. The molecule has 7 aromatic rings. The quantitative estimate of drug-likeness (QED) is 0.0268. The number of carbonyl (C=O) groups excluding carboxylic acids is 6. The van der Waals surface area contributed by atoms with E-state index in [0.29, 0.717) is 111 Å². The normalized spacial score (nSPS) is 15.7. The van der Waals surface area contributed by atoms with Crippen LogP contribution in [0, 0.1) is 0 Å². The Morgan fingerprint density at radius 3 is 1.89 bits per heavy atom. The molecule has 5 aliphatic rings. The molecule has 21 heteroatoms. The van der Waals surface area contributed by atoms with Gasteiger partial charge in [0, 0.05) is 159 Å². The van der Waals surface area contributed by atoms with E-state index in [1.54, 1.807) is 60.7 Å². The molecule has 7 N–H and O–H groups in total. The number of amides is 5. The minimum atomic E-state index is -1.35. The Balaban J connectivity index is 0.731. The highest BCUT2D eigenvalue weighted by atomic mass is 16.6. The number of rotatable bonds is 21. The number of benzene rings is 7. The van der Waals surface area contributed by atoms with E-state index in [-0.39, 0.29) is 54.1 Å². The fraction of sp³-hybridized carbons (Fsp3) is 0.320. The lowest BCUT2D eigenvalue weighted by Crippen LogP contribution is -2.62. The Morgan fingerprint density at radius 2 is 1.22 bits per heavy atom. The Kier molecular flexibility index (Phi) is 18.6. The van der Waals surface area contributed by atoms with Crippen LogP contribution in [-0.2, 0) is 19.9 Å². The molecule has 496 valence electrons. The van der Waals surface area contributed by atoms with Gasteiger partial charge in [0.1, 0.15) is 40.3 Å². The zero-order valence-corrected chi connectivity index (χ0v) is 54.6. The zero-order valence-electron chi connectivity index (χ0n) is 54.6. The highest BCUT2D eigenvalue weighted by molar-refractivity contribution is 6.04. The number of hydrogen-bond donors (Lipinski definition) is 7. The van der Waals surface area contributed by atoms with E-state index in [2.05, 4.69) is 49.9 Å². The van der Waals surface area contributed by atoms with E-state index in [4.69, 9.17) is 14.2 Å². The maximum Gasteiger partial charge on any atom is 0.340 e. The number of piperazine rings is 1. The second kappa shape index (κ2) is 27.3. The van der Waals surface area contributed by atoms with Crippen LogP contribution in [0.5, 0.6) is 28.7 Å². The molecule has 1 saturated heterocycles. The third kappa shape index (κ3) is 13.0. The third-order valence-corrected chi connectivity index (χ3v) is 19.0. The van der Waals surface area contributed by atoms with Crippen molar-refractivity contribution in [2.45, 2.75) is 75.5 Å². The maximum absolute atomic E-state index is 14.8. The van der Waals surface area contributed by atoms with Gasteiger partial charge in [-0.05, 0) is 140 Å². The first-order valence-electron chi connectivity index (χ1n) is 32.7. The van der Waals surface area contributed by atoms with Crippen LogP contribution in [0.15, 0.2) is 133 Å². The van der Waals surface area contributed by atoms with Crippen LogP contribution in [0.2, 0.25) is 0 Å². The SMILES string of the molecule is C=c1ccc2c(c1)Oc1cc(O)ccc1C=2c1ccc(C(=O)NCCNC(=O)[C@H](CCCCNC(=O)c2ccc3c(c2)C(=O)OC32c3ccc(N(C)C)cc3Oc3cc(N(C)C)ccc32)NC(=O)C2(NC(=O)c3ccc(N4CCN(CC)CC4)cc3)CCCCC2)cc1C(=O)O. The molecule has 0 radical (unpaired) electrons. The minimum Gasteiger partial charge on any atom is -0.508 e. The first kappa shape index (κ1) is 65.4. The van der Waals surface area contributed by atoms with Crippen LogP contribution in [0.4, 0.5) is 17.1 Å². The van der Waals surface area contributed by atoms with E-state index in [1.807, 2.05) is 86.5 Å². The van der Waals surface area contributed by atoms with Crippen molar-refractivity contribution in [3.05, 3.63) is 200 Å². The molecule has 4 heterocycles. The Bertz CT molecular complexity index is 4310. The van der Waals surface area contributed by atoms with Crippen LogP contribution in [0.3, 0.4) is 0 Å². The molecule has 4 aliphatic heterocycles. The number of phenols is 1. The summed E-state index contributed by atoms with van der Waals surface area (Å²) in [6.07, 6.45) is 3.76. The lowest BCUT2D eigenvalue weighted by molar-refractivity contribution is -0.133. The summed E-state index contributed by atoms with van der Waals surface area (Å²) in [4.78, 5) is 107. The van der Waals surface area contributed by atoms with Gasteiger partial charge >= 0.3 is 11.9 Å². The molecule has 1 aliphatic carbocycles. The minimum absolute atomic E-state index is 0.0436. The number of ether oxygens (including phenoxy) is 3. The second-order valence-corrected chi connectivity index (χ2v) is 25.5. The van der Waals surface area contributed by atoms with Gasteiger partial charge in [-0.1, -0.05) is 57.0 Å². The van der Waals surface area contributed by atoms with Gasteiger partial charge in [0.15, 0.2) is 5.60 Å². The molecule has 12 rings (SSSR count). The Labute approximate surface area is 556 Å². The monoisotopic (exact) mass is 1300 g/mol. The van der Waals surface area contributed by atoms with Gasteiger partial charge in [-0.25, -0.2) is 9.59 Å². The molecule has 21 nitrogen and oxygen atoms in total. The number of carboxylic acid groups (broad SMARTS) is 1. The molecule has 2 fully saturated rings. The number of nitrogens with one attached hydrogen (secondary N) is 5. The number of anilines is 3. The summed E-state index contributed by atoms with van der Waals surface area (Å²) < 4.78 is 19.1. The van der Waals surface area contributed by atoms with Gasteiger partial charge in [0.05, 0.1) is 11.1 Å². The van der Waals surface area contributed by atoms with Crippen molar-refractivity contribution < 1.29 is 58.0 Å². The van der Waals surface area contributed by atoms with Crippen molar-refractivity contribution in [2.24, 2.45) is 0 Å². The zero-order chi connectivity index (χ0) is 67.6. The van der Waals surface area contributed by atoms with E-state index in [0.717, 1.165) is 56.2 Å². The summed E-state index contributed by atoms with van der Waals surface area (Å²) in [7, 11) is 7.72. The first-order chi connectivity index (χ1) is 46.2. The van der Waals surface area contributed by atoms with E-state index < -0.39 is 58.7 Å². The molecule has 0 aromatic heterocycles. The molecule has 0 unspecified atom stereocenters. The summed E-state index contributed by atoms with van der Waals surface area (Å²) >= 11 is 0. The number of hydrogen-bond acceptors (Lipinski definition) is 15. The number of esters is 1. The van der Waals surface area contributed by atoms with Crippen LogP contribution in [-0.4, -0.2) is 149 Å². The highest BCUT2D eigenvalue weighted by Crippen LogP contribution is 2.57. The van der Waals surface area contributed by atoms with Gasteiger partial charge in [0.2, 0.25) is 11.8 Å². The number of carbonyl (C=O) groups is 7. The fourth-order valence-corrected chi connectivity index (χ4v) is 13.6. The fourth-order valence-electron chi connectivity index (χ4n) is 13.6. The average Bonchev–Trinajstić information content (AvgIpc) is 1.45. The third-order valence-electron chi connectivity index (χ3n) is 19.0. The van der Waals surface area contributed by atoms with Gasteiger partial charge in [-0.15, -0.1) is 0 Å². The molecule has 0 bridgehead atoms. The van der Waals surface area contributed by atoms with Gasteiger partial charge < -0.3 is 70.6 Å². The largest absolute Gasteiger partial charge is 0.508 e. The number of likely N-dealkylation sites (N-methyl/N-ethyl adjacent to an activating group) is 1. The summed E-state index contributed by atoms with van der Waals surface area (Å²) in [5, 5.41) is 36.9. The number of unbranched alkanes of at least 4 members (excludes halogenated alkanes) is 1. The van der Waals surface area contributed by atoms with Gasteiger partial charge in [0.25, 0.3) is 17.7 Å². The van der Waals surface area contributed by atoms with Crippen molar-refractivity contribution in [1.82, 2.24) is 31.5 Å². The lowest BCUT2D eigenvalue weighted by atomic mass is 9.77. The lowest BCUT2D eigenvalue weighted by Gasteiger charge is -2.38. The first-order valence-corrected chi connectivity index (χ1v) is 32.7.